The zero-order valence-corrected chi connectivity index (χ0v) is 14.6. The number of ether oxygens (including phenoxy) is 3. The number of nitrogens with two attached hydrogens (primary N) is 1. The molecule has 2 N–H and O–H groups in total. The number of benzene rings is 1. The summed E-state index contributed by atoms with van der Waals surface area (Å²) in [6.45, 7) is 3.74. The van der Waals surface area contributed by atoms with Gasteiger partial charge in [-0.2, -0.15) is 0 Å². The van der Waals surface area contributed by atoms with Crippen LogP contribution >= 0.6 is 0 Å². The van der Waals surface area contributed by atoms with E-state index in [-0.39, 0.29) is 11.5 Å². The summed E-state index contributed by atoms with van der Waals surface area (Å²) in [4.78, 5) is 14.0. The number of carbonyl (C=O) groups is 1. The van der Waals surface area contributed by atoms with Crippen molar-refractivity contribution in [3.63, 3.8) is 0 Å². The Morgan fingerprint density at radius 1 is 1.25 bits per heavy atom. The lowest BCUT2D eigenvalue weighted by molar-refractivity contribution is -0.141. The molecule has 0 aliphatic carbocycles. The molecule has 2 heterocycles. The summed E-state index contributed by atoms with van der Waals surface area (Å²) in [7, 11) is 3.29. The topological polar surface area (TPSA) is 74.0 Å². The molecule has 0 unspecified atom stereocenters. The molecule has 0 radical (unpaired) electrons. The standard InChI is InChI=1S/C18H26N2O4/c1-12(19)17(21)20-7-5-18(6-8-20)14-11-16(23-3)15(22-2)10-13(14)4-9-24-18/h10-12H,4-9,19H2,1-3H3/t12-/m1/s1. The van der Waals surface area contributed by atoms with Crippen LogP contribution < -0.4 is 15.2 Å². The van der Waals surface area contributed by atoms with Crippen LogP contribution in [0.15, 0.2) is 12.1 Å². The van der Waals surface area contributed by atoms with Gasteiger partial charge in [-0.05, 0) is 49.4 Å². The highest BCUT2D eigenvalue weighted by molar-refractivity contribution is 5.81. The Morgan fingerprint density at radius 2 is 1.88 bits per heavy atom. The van der Waals surface area contributed by atoms with E-state index >= 15 is 0 Å². The van der Waals surface area contributed by atoms with Gasteiger partial charge in [-0.1, -0.05) is 0 Å². The van der Waals surface area contributed by atoms with Crippen molar-refractivity contribution in [2.45, 2.75) is 37.8 Å². The normalized spacial score (nSPS) is 20.4. The highest BCUT2D eigenvalue weighted by Gasteiger charge is 2.42. The predicted molar refractivity (Wildman–Crippen MR) is 90.3 cm³/mol. The summed E-state index contributed by atoms with van der Waals surface area (Å²) >= 11 is 0. The number of rotatable bonds is 3. The van der Waals surface area contributed by atoms with Crippen molar-refractivity contribution in [3.05, 3.63) is 23.3 Å². The lowest BCUT2D eigenvalue weighted by atomic mass is 9.79. The first-order chi connectivity index (χ1) is 11.5. The molecule has 3 rings (SSSR count). The molecule has 1 fully saturated rings. The molecule has 6 nitrogen and oxygen atoms in total. The first-order valence-corrected chi connectivity index (χ1v) is 8.44. The van der Waals surface area contributed by atoms with Crippen LogP contribution in [-0.2, 0) is 21.6 Å². The van der Waals surface area contributed by atoms with Gasteiger partial charge in [0, 0.05) is 13.1 Å². The van der Waals surface area contributed by atoms with Crippen molar-refractivity contribution in [2.24, 2.45) is 5.73 Å². The molecule has 6 heteroatoms. The van der Waals surface area contributed by atoms with Crippen molar-refractivity contribution < 1.29 is 19.0 Å². The average molecular weight is 334 g/mol. The molecule has 1 aromatic carbocycles. The van der Waals surface area contributed by atoms with Gasteiger partial charge < -0.3 is 24.8 Å². The van der Waals surface area contributed by atoms with Gasteiger partial charge >= 0.3 is 0 Å². The highest BCUT2D eigenvalue weighted by atomic mass is 16.5. The summed E-state index contributed by atoms with van der Waals surface area (Å²) in [5, 5.41) is 0. The van der Waals surface area contributed by atoms with Crippen LogP contribution in [-0.4, -0.2) is 50.8 Å². The fourth-order valence-corrected chi connectivity index (χ4v) is 3.78. The number of likely N-dealkylation sites (tertiary alicyclic amines) is 1. The molecule has 1 saturated heterocycles. The quantitative estimate of drug-likeness (QED) is 0.905. The van der Waals surface area contributed by atoms with E-state index in [1.54, 1.807) is 21.1 Å². The molecular weight excluding hydrogens is 308 g/mol. The Morgan fingerprint density at radius 3 is 2.46 bits per heavy atom. The Balaban J connectivity index is 1.89. The monoisotopic (exact) mass is 334 g/mol. The Kier molecular flexibility index (Phi) is 4.69. The number of fused-ring (bicyclic) bond motifs is 2. The molecule has 1 amide bonds. The van der Waals surface area contributed by atoms with E-state index in [4.69, 9.17) is 19.9 Å². The van der Waals surface area contributed by atoms with Gasteiger partial charge in [0.15, 0.2) is 11.5 Å². The maximum Gasteiger partial charge on any atom is 0.239 e. The SMILES string of the molecule is COc1cc2c(cc1OC)C1(CCN(C(=O)[C@@H](C)N)CC1)OCC2. The van der Waals surface area contributed by atoms with Crippen molar-refractivity contribution in [1.82, 2.24) is 4.90 Å². The minimum absolute atomic E-state index is 0.00759. The average Bonchev–Trinajstić information content (AvgIpc) is 2.61. The second kappa shape index (κ2) is 6.61. The van der Waals surface area contributed by atoms with Crippen LogP contribution in [0.2, 0.25) is 0 Å². The van der Waals surface area contributed by atoms with E-state index in [0.29, 0.717) is 19.7 Å². The van der Waals surface area contributed by atoms with Crippen molar-refractivity contribution >= 4 is 5.91 Å². The third kappa shape index (κ3) is 2.84. The third-order valence-corrected chi connectivity index (χ3v) is 5.12. The fourth-order valence-electron chi connectivity index (χ4n) is 3.78. The molecule has 1 spiro atoms. The number of hydrogen-bond donors (Lipinski definition) is 1. The minimum Gasteiger partial charge on any atom is -0.493 e. The molecule has 2 aliphatic heterocycles. The van der Waals surface area contributed by atoms with E-state index in [1.807, 2.05) is 11.0 Å². The van der Waals surface area contributed by atoms with Gasteiger partial charge in [-0.25, -0.2) is 0 Å². The zero-order chi connectivity index (χ0) is 17.3. The van der Waals surface area contributed by atoms with Crippen LogP contribution in [0.3, 0.4) is 0 Å². The predicted octanol–water partition coefficient (Wildman–Crippen LogP) is 1.44. The zero-order valence-electron chi connectivity index (χ0n) is 14.6. The number of amides is 1. The van der Waals surface area contributed by atoms with Crippen molar-refractivity contribution in [1.29, 1.82) is 0 Å². The Bertz CT molecular complexity index is 622. The summed E-state index contributed by atoms with van der Waals surface area (Å²) in [5.41, 5.74) is 7.79. The maximum atomic E-state index is 12.1. The minimum atomic E-state index is -0.456. The number of methoxy groups -OCH3 is 2. The van der Waals surface area contributed by atoms with Crippen LogP contribution in [0, 0.1) is 0 Å². The second-order valence-electron chi connectivity index (χ2n) is 6.57. The lowest BCUT2D eigenvalue weighted by Crippen LogP contribution is -2.51. The molecule has 0 bridgehead atoms. The van der Waals surface area contributed by atoms with Crippen LogP contribution in [0.25, 0.3) is 0 Å². The Labute approximate surface area is 142 Å². The number of hydrogen-bond acceptors (Lipinski definition) is 5. The highest BCUT2D eigenvalue weighted by Crippen LogP contribution is 2.45. The first-order valence-electron chi connectivity index (χ1n) is 8.44. The molecule has 2 aliphatic rings. The van der Waals surface area contributed by atoms with E-state index in [0.717, 1.165) is 30.8 Å². The summed E-state index contributed by atoms with van der Waals surface area (Å²) in [5.74, 6) is 1.47. The third-order valence-electron chi connectivity index (χ3n) is 5.12. The number of carbonyl (C=O) groups excluding carboxylic acids is 1. The van der Waals surface area contributed by atoms with Gasteiger partial charge in [0.25, 0.3) is 0 Å². The van der Waals surface area contributed by atoms with Crippen molar-refractivity contribution in [2.75, 3.05) is 33.9 Å². The first kappa shape index (κ1) is 17.0. The number of nitrogens with zero attached hydrogens (tertiary/aromatic N) is 1. The largest absolute Gasteiger partial charge is 0.493 e. The smallest absolute Gasteiger partial charge is 0.239 e. The molecular formula is C18H26N2O4. The van der Waals surface area contributed by atoms with Gasteiger partial charge in [-0.3, -0.25) is 4.79 Å². The van der Waals surface area contributed by atoms with E-state index < -0.39 is 6.04 Å². The maximum absolute atomic E-state index is 12.1. The summed E-state index contributed by atoms with van der Waals surface area (Å²) < 4.78 is 17.1. The van der Waals surface area contributed by atoms with Crippen molar-refractivity contribution in [3.8, 4) is 11.5 Å². The molecule has 0 saturated carbocycles. The van der Waals surface area contributed by atoms with E-state index in [1.165, 1.54) is 11.1 Å². The summed E-state index contributed by atoms with van der Waals surface area (Å²) in [6, 6.07) is 3.64. The van der Waals surface area contributed by atoms with E-state index in [2.05, 4.69) is 6.07 Å². The second-order valence-corrected chi connectivity index (χ2v) is 6.57. The van der Waals surface area contributed by atoms with Gasteiger partial charge in [-0.15, -0.1) is 0 Å². The Hall–Kier alpha value is -1.79. The number of piperidine rings is 1. The molecule has 24 heavy (non-hydrogen) atoms. The van der Waals surface area contributed by atoms with Gasteiger partial charge in [0.1, 0.15) is 0 Å². The molecule has 1 aromatic rings. The molecule has 132 valence electrons. The lowest BCUT2D eigenvalue weighted by Gasteiger charge is -2.45. The van der Waals surface area contributed by atoms with Gasteiger partial charge in [0.2, 0.25) is 5.91 Å². The molecule has 0 aromatic heterocycles. The van der Waals surface area contributed by atoms with Crippen LogP contribution in [0.5, 0.6) is 11.5 Å². The van der Waals surface area contributed by atoms with Gasteiger partial charge in [0.05, 0.1) is 32.5 Å². The summed E-state index contributed by atoms with van der Waals surface area (Å²) in [6.07, 6.45) is 2.40. The molecule has 1 atom stereocenters. The van der Waals surface area contributed by atoms with Crippen LogP contribution in [0.1, 0.15) is 30.9 Å². The van der Waals surface area contributed by atoms with Crippen LogP contribution in [0.4, 0.5) is 0 Å². The van der Waals surface area contributed by atoms with E-state index in [9.17, 15) is 4.79 Å². The fraction of sp³-hybridized carbons (Fsp3) is 0.611.